The van der Waals surface area contributed by atoms with Crippen molar-refractivity contribution in [1.29, 1.82) is 0 Å². The van der Waals surface area contributed by atoms with Gasteiger partial charge >= 0.3 is 12.1 Å². The molecule has 5 heteroatoms. The van der Waals surface area contributed by atoms with Gasteiger partial charge in [0.15, 0.2) is 6.04 Å². The number of ether oxygens (including phenoxy) is 1. The summed E-state index contributed by atoms with van der Waals surface area (Å²) in [7, 11) is 0. The number of carboxylic acids is 1. The van der Waals surface area contributed by atoms with E-state index in [1.54, 1.807) is 12.1 Å². The highest BCUT2D eigenvalue weighted by Crippen LogP contribution is 2.44. The molecule has 3 aromatic rings. The van der Waals surface area contributed by atoms with Gasteiger partial charge in [-0.1, -0.05) is 78.4 Å². The molecular formula is C24H21NO4. The maximum Gasteiger partial charge on any atom is 0.408 e. The van der Waals surface area contributed by atoms with E-state index in [1.807, 2.05) is 55.5 Å². The maximum atomic E-state index is 12.4. The van der Waals surface area contributed by atoms with E-state index >= 15 is 0 Å². The van der Waals surface area contributed by atoms with Crippen LogP contribution >= 0.6 is 0 Å². The van der Waals surface area contributed by atoms with Crippen LogP contribution in [-0.2, 0) is 9.53 Å². The Morgan fingerprint density at radius 2 is 1.48 bits per heavy atom. The first-order valence-electron chi connectivity index (χ1n) is 9.45. The van der Waals surface area contributed by atoms with Crippen molar-refractivity contribution in [3.63, 3.8) is 0 Å². The van der Waals surface area contributed by atoms with Gasteiger partial charge in [-0.15, -0.1) is 0 Å². The molecule has 2 N–H and O–H groups in total. The van der Waals surface area contributed by atoms with Crippen molar-refractivity contribution < 1.29 is 19.4 Å². The van der Waals surface area contributed by atoms with Crippen LogP contribution in [0.1, 0.15) is 34.2 Å². The zero-order valence-electron chi connectivity index (χ0n) is 16.0. The summed E-state index contributed by atoms with van der Waals surface area (Å²) in [5.41, 5.74) is 6.00. The van der Waals surface area contributed by atoms with Gasteiger partial charge in [0.2, 0.25) is 0 Å². The maximum absolute atomic E-state index is 12.4. The lowest BCUT2D eigenvalue weighted by Crippen LogP contribution is -2.34. The lowest BCUT2D eigenvalue weighted by Gasteiger charge is -2.18. The molecule has 0 aromatic heterocycles. The van der Waals surface area contributed by atoms with Crippen molar-refractivity contribution in [2.24, 2.45) is 0 Å². The highest BCUT2D eigenvalue weighted by molar-refractivity contribution is 5.82. The van der Waals surface area contributed by atoms with Gasteiger partial charge in [-0.25, -0.2) is 9.59 Å². The second kappa shape index (κ2) is 7.80. The van der Waals surface area contributed by atoms with Crippen molar-refractivity contribution in [1.82, 2.24) is 5.32 Å². The summed E-state index contributed by atoms with van der Waals surface area (Å²) in [5, 5.41) is 12.0. The first kappa shape index (κ1) is 18.7. The van der Waals surface area contributed by atoms with Gasteiger partial charge in [-0.05, 0) is 34.7 Å². The van der Waals surface area contributed by atoms with E-state index in [4.69, 9.17) is 4.74 Å². The largest absolute Gasteiger partial charge is 0.479 e. The summed E-state index contributed by atoms with van der Waals surface area (Å²) in [6.07, 6.45) is -0.750. The van der Waals surface area contributed by atoms with E-state index in [0.29, 0.717) is 5.56 Å². The fourth-order valence-corrected chi connectivity index (χ4v) is 3.80. The number of hydrogen-bond donors (Lipinski definition) is 2. The third kappa shape index (κ3) is 3.72. The Morgan fingerprint density at radius 1 is 0.931 bits per heavy atom. The Labute approximate surface area is 169 Å². The zero-order valence-corrected chi connectivity index (χ0v) is 16.0. The third-order valence-corrected chi connectivity index (χ3v) is 5.26. The van der Waals surface area contributed by atoms with Crippen LogP contribution in [0.5, 0.6) is 0 Å². The number of carboxylic acid groups (broad SMARTS) is 1. The Kier molecular flexibility index (Phi) is 5.04. The number of aryl methyl sites for hydroxylation is 1. The molecule has 1 amide bonds. The molecule has 0 unspecified atom stereocenters. The molecule has 3 aromatic carbocycles. The normalized spacial score (nSPS) is 13.3. The Morgan fingerprint density at radius 3 is 2.03 bits per heavy atom. The number of fused-ring (bicyclic) bond motifs is 3. The second-order valence-electron chi connectivity index (χ2n) is 7.15. The molecule has 1 aliphatic rings. The van der Waals surface area contributed by atoms with E-state index in [0.717, 1.165) is 27.8 Å². The van der Waals surface area contributed by atoms with Gasteiger partial charge in [-0.2, -0.15) is 0 Å². The van der Waals surface area contributed by atoms with Crippen molar-refractivity contribution >= 4 is 12.1 Å². The lowest BCUT2D eigenvalue weighted by atomic mass is 9.98. The third-order valence-electron chi connectivity index (χ3n) is 5.26. The van der Waals surface area contributed by atoms with Crippen LogP contribution in [-0.4, -0.2) is 23.8 Å². The van der Waals surface area contributed by atoms with Crippen molar-refractivity contribution in [2.75, 3.05) is 6.61 Å². The minimum absolute atomic E-state index is 0.0733. The van der Waals surface area contributed by atoms with Gasteiger partial charge in [0.1, 0.15) is 6.61 Å². The summed E-state index contributed by atoms with van der Waals surface area (Å²) >= 11 is 0. The molecule has 1 atom stereocenters. The SMILES string of the molecule is Cc1ccc([C@@H](NC(=O)OCC2c3ccccc3-c3ccccc32)C(=O)O)cc1. The van der Waals surface area contributed by atoms with Gasteiger partial charge in [0, 0.05) is 5.92 Å². The molecule has 0 radical (unpaired) electrons. The summed E-state index contributed by atoms with van der Waals surface area (Å²) in [4.78, 5) is 24.0. The summed E-state index contributed by atoms with van der Waals surface area (Å²) in [5.74, 6) is -1.21. The number of alkyl carbamates (subject to hydrolysis) is 1. The fourth-order valence-electron chi connectivity index (χ4n) is 3.80. The molecule has 1 aliphatic carbocycles. The van der Waals surface area contributed by atoms with Gasteiger partial charge in [-0.3, -0.25) is 0 Å². The zero-order chi connectivity index (χ0) is 20.4. The minimum atomic E-state index is -1.16. The minimum Gasteiger partial charge on any atom is -0.479 e. The molecule has 29 heavy (non-hydrogen) atoms. The molecular weight excluding hydrogens is 366 g/mol. The highest BCUT2D eigenvalue weighted by atomic mass is 16.5. The van der Waals surface area contributed by atoms with Crippen LogP contribution in [0.15, 0.2) is 72.8 Å². The van der Waals surface area contributed by atoms with Crippen LogP contribution in [0.25, 0.3) is 11.1 Å². The van der Waals surface area contributed by atoms with Gasteiger partial charge in [0.25, 0.3) is 0 Å². The van der Waals surface area contributed by atoms with Crippen LogP contribution in [0, 0.1) is 6.92 Å². The number of nitrogens with one attached hydrogen (secondary N) is 1. The van der Waals surface area contributed by atoms with Crippen LogP contribution in [0.3, 0.4) is 0 Å². The number of rotatable bonds is 5. The molecule has 0 saturated carbocycles. The standard InChI is InChI=1S/C24H21NO4/c1-15-10-12-16(13-11-15)22(23(26)27)25-24(28)29-14-21-19-8-4-2-6-17(19)18-7-3-5-9-20(18)21/h2-13,21-22H,14H2,1H3,(H,25,28)(H,26,27)/t22-/m1/s1. The lowest BCUT2D eigenvalue weighted by molar-refractivity contribution is -0.139. The molecule has 0 saturated heterocycles. The molecule has 0 spiro atoms. The Bertz CT molecular complexity index is 1010. The molecule has 5 nitrogen and oxygen atoms in total. The number of benzene rings is 3. The molecule has 146 valence electrons. The number of carbonyl (C=O) groups excluding carboxylic acids is 1. The average molecular weight is 387 g/mol. The molecule has 0 aliphatic heterocycles. The van der Waals surface area contributed by atoms with E-state index < -0.39 is 18.1 Å². The predicted molar refractivity (Wildman–Crippen MR) is 110 cm³/mol. The Hall–Kier alpha value is -3.60. The number of aliphatic carboxylic acids is 1. The van der Waals surface area contributed by atoms with E-state index in [1.165, 1.54) is 0 Å². The van der Waals surface area contributed by atoms with Gasteiger partial charge in [0.05, 0.1) is 0 Å². The number of carbonyl (C=O) groups is 2. The monoisotopic (exact) mass is 387 g/mol. The van der Waals surface area contributed by atoms with Crippen molar-refractivity contribution in [2.45, 2.75) is 18.9 Å². The quantitative estimate of drug-likeness (QED) is 0.668. The number of amides is 1. The Balaban J connectivity index is 1.48. The predicted octanol–water partition coefficient (Wildman–Crippen LogP) is 4.66. The van der Waals surface area contributed by atoms with E-state index in [9.17, 15) is 14.7 Å². The first-order valence-corrected chi connectivity index (χ1v) is 9.45. The van der Waals surface area contributed by atoms with Gasteiger partial charge < -0.3 is 15.2 Å². The molecule has 4 rings (SSSR count). The van der Waals surface area contributed by atoms with Crippen molar-refractivity contribution in [3.8, 4) is 11.1 Å². The van der Waals surface area contributed by atoms with Crippen molar-refractivity contribution in [3.05, 3.63) is 95.1 Å². The first-order chi connectivity index (χ1) is 14.0. The molecule has 0 fully saturated rings. The topological polar surface area (TPSA) is 75.6 Å². The van der Waals surface area contributed by atoms with E-state index in [2.05, 4.69) is 17.4 Å². The van der Waals surface area contributed by atoms with E-state index in [-0.39, 0.29) is 12.5 Å². The number of hydrogen-bond acceptors (Lipinski definition) is 3. The summed E-state index contributed by atoms with van der Waals surface area (Å²) in [6, 6.07) is 22.0. The summed E-state index contributed by atoms with van der Waals surface area (Å²) in [6.45, 7) is 2.05. The van der Waals surface area contributed by atoms with Crippen LogP contribution in [0.4, 0.5) is 4.79 Å². The fraction of sp³-hybridized carbons (Fsp3) is 0.167. The summed E-state index contributed by atoms with van der Waals surface area (Å²) < 4.78 is 5.45. The second-order valence-corrected chi connectivity index (χ2v) is 7.15. The molecule has 0 bridgehead atoms. The smallest absolute Gasteiger partial charge is 0.408 e. The average Bonchev–Trinajstić information content (AvgIpc) is 3.05. The van der Waals surface area contributed by atoms with Crippen LogP contribution in [0.2, 0.25) is 0 Å². The highest BCUT2D eigenvalue weighted by Gasteiger charge is 2.30. The van der Waals surface area contributed by atoms with Crippen LogP contribution < -0.4 is 5.32 Å². The molecule has 0 heterocycles.